The molecule has 0 amide bonds. The Labute approximate surface area is 139 Å². The van der Waals surface area contributed by atoms with Crippen molar-refractivity contribution in [3.05, 3.63) is 11.9 Å². The Balaban J connectivity index is 1.63. The highest BCUT2D eigenvalue weighted by atomic mass is 16.3. The van der Waals surface area contributed by atoms with Crippen molar-refractivity contribution in [3.8, 4) is 0 Å². The second-order valence-electron chi connectivity index (χ2n) is 7.62. The zero-order chi connectivity index (χ0) is 16.6. The summed E-state index contributed by atoms with van der Waals surface area (Å²) in [4.78, 5) is 2.57. The van der Waals surface area contributed by atoms with Crippen LogP contribution >= 0.6 is 0 Å². The minimum atomic E-state index is -0.249. The van der Waals surface area contributed by atoms with Crippen LogP contribution in [0.1, 0.15) is 46.2 Å². The maximum Gasteiger partial charge on any atom is 0.0738 e. The van der Waals surface area contributed by atoms with Gasteiger partial charge in [-0.25, -0.2) is 4.68 Å². The second kappa shape index (κ2) is 6.49. The van der Waals surface area contributed by atoms with Gasteiger partial charge >= 0.3 is 0 Å². The lowest BCUT2D eigenvalue weighted by molar-refractivity contribution is -0.0964. The Morgan fingerprint density at radius 1 is 1.35 bits per heavy atom. The summed E-state index contributed by atoms with van der Waals surface area (Å²) in [6.45, 7) is 12.7. The van der Waals surface area contributed by atoms with Crippen LogP contribution in [0.5, 0.6) is 0 Å². The molecule has 23 heavy (non-hydrogen) atoms. The van der Waals surface area contributed by atoms with Gasteiger partial charge < -0.3 is 10.4 Å². The molecule has 1 saturated heterocycles. The lowest BCUT2D eigenvalue weighted by atomic mass is 9.65. The average molecular weight is 321 g/mol. The van der Waals surface area contributed by atoms with E-state index in [1.165, 1.54) is 0 Å². The van der Waals surface area contributed by atoms with Gasteiger partial charge in [-0.15, -0.1) is 5.10 Å². The molecule has 1 aliphatic carbocycles. The Bertz CT molecular complexity index is 531. The van der Waals surface area contributed by atoms with Gasteiger partial charge in [-0.3, -0.25) is 4.90 Å². The van der Waals surface area contributed by atoms with Crippen molar-refractivity contribution in [2.24, 2.45) is 11.3 Å². The highest BCUT2D eigenvalue weighted by molar-refractivity contribution is 5.13. The van der Waals surface area contributed by atoms with E-state index in [9.17, 15) is 5.11 Å². The molecule has 1 aliphatic heterocycles. The van der Waals surface area contributed by atoms with Gasteiger partial charge in [0.1, 0.15) is 0 Å². The van der Waals surface area contributed by atoms with Crippen molar-refractivity contribution >= 4 is 0 Å². The first-order chi connectivity index (χ1) is 11.0. The molecule has 6 heteroatoms. The van der Waals surface area contributed by atoms with Crippen LogP contribution in [0.2, 0.25) is 0 Å². The average Bonchev–Trinajstić information content (AvgIpc) is 3.07. The molecular weight excluding hydrogens is 290 g/mol. The van der Waals surface area contributed by atoms with Gasteiger partial charge in [0.05, 0.1) is 18.0 Å². The van der Waals surface area contributed by atoms with Crippen molar-refractivity contribution < 1.29 is 5.11 Å². The molecular formula is C17H31N5O. The number of nitrogens with zero attached hydrogens (tertiary/aromatic N) is 4. The van der Waals surface area contributed by atoms with Crippen LogP contribution in [-0.2, 0) is 13.1 Å². The number of hydrogen-bond acceptors (Lipinski definition) is 5. The maximum atomic E-state index is 10.6. The highest BCUT2D eigenvalue weighted by Crippen LogP contribution is 2.52. The number of aliphatic hydroxyl groups is 1. The van der Waals surface area contributed by atoms with E-state index in [1.807, 2.05) is 10.9 Å². The van der Waals surface area contributed by atoms with Crippen molar-refractivity contribution in [1.82, 2.24) is 25.2 Å². The molecule has 6 nitrogen and oxygen atoms in total. The molecule has 1 aromatic rings. The fraction of sp³-hybridized carbons (Fsp3) is 0.882. The van der Waals surface area contributed by atoms with Crippen molar-refractivity contribution in [3.63, 3.8) is 0 Å². The first-order valence-electron chi connectivity index (χ1n) is 9.03. The second-order valence-corrected chi connectivity index (χ2v) is 7.62. The van der Waals surface area contributed by atoms with E-state index in [0.29, 0.717) is 17.4 Å². The van der Waals surface area contributed by atoms with Gasteiger partial charge in [0.2, 0.25) is 0 Å². The number of aromatic nitrogens is 3. The molecule has 1 aromatic heterocycles. The van der Waals surface area contributed by atoms with E-state index in [0.717, 1.165) is 44.7 Å². The summed E-state index contributed by atoms with van der Waals surface area (Å²) in [7, 11) is 0. The van der Waals surface area contributed by atoms with Gasteiger partial charge in [-0.1, -0.05) is 26.0 Å². The SMILES string of the molecule is CCN1CC2(C[C@@H](O)[C@H](NCc3cnnn3CC)C2)C1C(C)C. The van der Waals surface area contributed by atoms with Gasteiger partial charge in [-0.2, -0.15) is 0 Å². The number of likely N-dealkylation sites (tertiary alicyclic amines) is 1. The van der Waals surface area contributed by atoms with Crippen molar-refractivity contribution in [2.75, 3.05) is 13.1 Å². The normalized spacial score (nSPS) is 34.4. The maximum absolute atomic E-state index is 10.6. The lowest BCUT2D eigenvalue weighted by Crippen LogP contribution is -2.65. The molecule has 0 radical (unpaired) electrons. The number of rotatable bonds is 6. The summed E-state index contributed by atoms with van der Waals surface area (Å²) in [5.74, 6) is 0.639. The molecule has 0 bridgehead atoms. The molecule has 0 aromatic carbocycles. The largest absolute Gasteiger partial charge is 0.391 e. The lowest BCUT2D eigenvalue weighted by Gasteiger charge is -2.58. The molecule has 3 rings (SSSR count). The fourth-order valence-corrected chi connectivity index (χ4v) is 5.02. The van der Waals surface area contributed by atoms with E-state index in [4.69, 9.17) is 0 Å². The summed E-state index contributed by atoms with van der Waals surface area (Å²) in [6.07, 6.45) is 3.56. The molecule has 2 unspecified atom stereocenters. The van der Waals surface area contributed by atoms with E-state index in [2.05, 4.69) is 48.2 Å². The summed E-state index contributed by atoms with van der Waals surface area (Å²) in [6, 6.07) is 0.784. The minimum Gasteiger partial charge on any atom is -0.391 e. The third-order valence-electron chi connectivity index (χ3n) is 5.83. The van der Waals surface area contributed by atoms with Crippen LogP contribution < -0.4 is 5.32 Å². The predicted molar refractivity (Wildman–Crippen MR) is 89.9 cm³/mol. The van der Waals surface area contributed by atoms with Gasteiger partial charge in [0.25, 0.3) is 0 Å². The first kappa shape index (κ1) is 16.9. The molecule has 1 spiro atoms. The highest BCUT2D eigenvalue weighted by Gasteiger charge is 2.58. The molecule has 2 aliphatic rings. The zero-order valence-corrected chi connectivity index (χ0v) is 14.9. The smallest absolute Gasteiger partial charge is 0.0738 e. The van der Waals surface area contributed by atoms with Crippen molar-refractivity contribution in [1.29, 1.82) is 0 Å². The Morgan fingerprint density at radius 3 is 2.78 bits per heavy atom. The monoisotopic (exact) mass is 321 g/mol. The number of aryl methyl sites for hydroxylation is 1. The summed E-state index contributed by atoms with van der Waals surface area (Å²) < 4.78 is 1.91. The van der Waals surface area contributed by atoms with E-state index >= 15 is 0 Å². The molecule has 2 fully saturated rings. The Hall–Kier alpha value is -0.980. The van der Waals surface area contributed by atoms with Crippen LogP contribution in [0.4, 0.5) is 0 Å². The third kappa shape index (κ3) is 2.92. The number of hydrogen-bond donors (Lipinski definition) is 2. The molecule has 4 atom stereocenters. The van der Waals surface area contributed by atoms with Crippen molar-refractivity contribution in [2.45, 2.75) is 71.8 Å². The van der Waals surface area contributed by atoms with Crippen LogP contribution in [0.15, 0.2) is 6.20 Å². The Morgan fingerprint density at radius 2 is 2.13 bits per heavy atom. The quantitative estimate of drug-likeness (QED) is 0.826. The fourth-order valence-electron chi connectivity index (χ4n) is 5.02. The summed E-state index contributed by atoms with van der Waals surface area (Å²) >= 11 is 0. The Kier molecular flexibility index (Phi) is 4.76. The third-order valence-corrected chi connectivity index (χ3v) is 5.83. The summed E-state index contributed by atoms with van der Waals surface area (Å²) in [5, 5.41) is 22.2. The standard InChI is InChI=1S/C17H31N5O/c1-5-21-11-17(16(21)12(3)4)7-14(15(23)8-17)18-9-13-10-19-20-22(13)6-2/h10,12,14-16,18,23H,5-9,11H2,1-4H3/t14-,15-,16?,17?/m1/s1. The van der Waals surface area contributed by atoms with Crippen LogP contribution in [0.3, 0.4) is 0 Å². The summed E-state index contributed by atoms with van der Waals surface area (Å²) in [5.41, 5.74) is 1.38. The van der Waals surface area contributed by atoms with Gasteiger partial charge in [0.15, 0.2) is 0 Å². The van der Waals surface area contributed by atoms with Crippen LogP contribution in [-0.4, -0.2) is 56.3 Å². The van der Waals surface area contributed by atoms with Gasteiger partial charge in [0, 0.05) is 37.1 Å². The van der Waals surface area contributed by atoms with Gasteiger partial charge in [-0.05, 0) is 32.2 Å². The number of aliphatic hydroxyl groups excluding tert-OH is 1. The zero-order valence-electron chi connectivity index (χ0n) is 14.9. The molecule has 2 heterocycles. The topological polar surface area (TPSA) is 66.2 Å². The van der Waals surface area contributed by atoms with E-state index < -0.39 is 0 Å². The predicted octanol–water partition coefficient (Wildman–Crippen LogP) is 1.26. The van der Waals surface area contributed by atoms with E-state index in [-0.39, 0.29) is 12.1 Å². The minimum absolute atomic E-state index is 0.176. The number of nitrogens with one attached hydrogen (secondary N) is 1. The molecule has 130 valence electrons. The van der Waals surface area contributed by atoms with Crippen LogP contribution in [0, 0.1) is 11.3 Å². The van der Waals surface area contributed by atoms with E-state index in [1.54, 1.807) is 0 Å². The molecule has 1 saturated carbocycles. The van der Waals surface area contributed by atoms with Crippen LogP contribution in [0.25, 0.3) is 0 Å². The molecule has 2 N–H and O–H groups in total. The first-order valence-corrected chi connectivity index (χ1v) is 9.03.